The third-order valence-electron chi connectivity index (χ3n) is 1.32. The van der Waals surface area contributed by atoms with Crippen molar-refractivity contribution in [1.82, 2.24) is 0 Å². The quantitative estimate of drug-likeness (QED) is 0.411. The number of hydrogen-bond acceptors (Lipinski definition) is 2. The van der Waals surface area contributed by atoms with E-state index in [2.05, 4.69) is 4.99 Å². The Morgan fingerprint density at radius 2 is 2.10 bits per heavy atom. The fourth-order valence-corrected chi connectivity index (χ4v) is 0.755. The fraction of sp³-hybridized carbons (Fsp3) is 0.875. The third kappa shape index (κ3) is 7.63. The highest BCUT2D eigenvalue weighted by atomic mass is 16.5. The molecule has 0 aliphatic carbocycles. The predicted molar refractivity (Wildman–Crippen MR) is 44.8 cm³/mol. The Bertz CT molecular complexity index is 81.3. The highest BCUT2D eigenvalue weighted by molar-refractivity contribution is 5.53. The van der Waals surface area contributed by atoms with Crippen LogP contribution in [0.25, 0.3) is 0 Å². The summed E-state index contributed by atoms with van der Waals surface area (Å²) in [4.78, 5) is 4.10. The molecule has 10 heavy (non-hydrogen) atoms. The Labute approximate surface area is 63.3 Å². The van der Waals surface area contributed by atoms with Crippen LogP contribution >= 0.6 is 0 Å². The standard InChI is InChI=1S/C8H17NO/c1-3-9-7-5-4-6-8-10-2/h3H,4-8H2,1-2H3/b9-3-. The third-order valence-corrected chi connectivity index (χ3v) is 1.32. The molecule has 0 heterocycles. The van der Waals surface area contributed by atoms with Gasteiger partial charge in [0.05, 0.1) is 0 Å². The molecule has 0 saturated heterocycles. The van der Waals surface area contributed by atoms with Crippen molar-refractivity contribution < 1.29 is 4.74 Å². The first-order valence-corrected chi connectivity index (χ1v) is 3.85. The molecule has 0 aromatic carbocycles. The van der Waals surface area contributed by atoms with Crippen LogP contribution in [0, 0.1) is 0 Å². The van der Waals surface area contributed by atoms with E-state index in [0.29, 0.717) is 0 Å². The zero-order valence-electron chi connectivity index (χ0n) is 6.97. The van der Waals surface area contributed by atoms with E-state index in [-0.39, 0.29) is 0 Å². The summed E-state index contributed by atoms with van der Waals surface area (Å²) in [6, 6.07) is 0. The van der Waals surface area contributed by atoms with Gasteiger partial charge >= 0.3 is 0 Å². The van der Waals surface area contributed by atoms with Gasteiger partial charge in [-0.1, -0.05) is 0 Å². The van der Waals surface area contributed by atoms with Gasteiger partial charge in [0, 0.05) is 20.3 Å². The second kappa shape index (κ2) is 8.63. The lowest BCUT2D eigenvalue weighted by atomic mass is 10.2. The monoisotopic (exact) mass is 143 g/mol. The van der Waals surface area contributed by atoms with Gasteiger partial charge in [0.25, 0.3) is 0 Å². The summed E-state index contributed by atoms with van der Waals surface area (Å²) in [5.74, 6) is 0. The maximum Gasteiger partial charge on any atom is 0.0462 e. The van der Waals surface area contributed by atoms with Crippen molar-refractivity contribution in [3.63, 3.8) is 0 Å². The molecule has 0 fully saturated rings. The van der Waals surface area contributed by atoms with Gasteiger partial charge in [0.15, 0.2) is 0 Å². The highest BCUT2D eigenvalue weighted by Crippen LogP contribution is 1.94. The molecule has 0 spiro atoms. The molecule has 2 nitrogen and oxygen atoms in total. The summed E-state index contributed by atoms with van der Waals surface area (Å²) in [6.07, 6.45) is 5.44. The first-order valence-electron chi connectivity index (χ1n) is 3.85. The normalized spacial score (nSPS) is 11.0. The van der Waals surface area contributed by atoms with E-state index in [0.717, 1.165) is 19.6 Å². The largest absolute Gasteiger partial charge is 0.385 e. The van der Waals surface area contributed by atoms with E-state index >= 15 is 0 Å². The number of unbranched alkanes of at least 4 members (excludes halogenated alkanes) is 2. The van der Waals surface area contributed by atoms with Crippen LogP contribution in [0.4, 0.5) is 0 Å². The minimum atomic E-state index is 0.885. The molecule has 0 aliphatic heterocycles. The Morgan fingerprint density at radius 3 is 2.70 bits per heavy atom. The van der Waals surface area contributed by atoms with Crippen LogP contribution in [0.1, 0.15) is 26.2 Å². The molecule has 0 atom stereocenters. The van der Waals surface area contributed by atoms with Gasteiger partial charge in [-0.25, -0.2) is 0 Å². The van der Waals surface area contributed by atoms with Gasteiger partial charge in [-0.2, -0.15) is 0 Å². The molecule has 0 unspecified atom stereocenters. The Morgan fingerprint density at radius 1 is 1.30 bits per heavy atom. The average Bonchev–Trinajstić information content (AvgIpc) is 1.97. The first-order chi connectivity index (χ1) is 4.91. The number of methoxy groups -OCH3 is 1. The van der Waals surface area contributed by atoms with Gasteiger partial charge in [0.2, 0.25) is 0 Å². The summed E-state index contributed by atoms with van der Waals surface area (Å²) in [5, 5.41) is 0. The molecule has 0 radical (unpaired) electrons. The summed E-state index contributed by atoms with van der Waals surface area (Å²) in [7, 11) is 1.74. The van der Waals surface area contributed by atoms with Crippen LogP contribution in [0.5, 0.6) is 0 Å². The van der Waals surface area contributed by atoms with Crippen LogP contribution in [0.3, 0.4) is 0 Å². The van der Waals surface area contributed by atoms with Gasteiger partial charge in [-0.05, 0) is 32.4 Å². The van der Waals surface area contributed by atoms with E-state index in [1.165, 1.54) is 12.8 Å². The Kier molecular flexibility index (Phi) is 8.31. The number of rotatable bonds is 6. The second-order valence-corrected chi connectivity index (χ2v) is 2.22. The summed E-state index contributed by atoms with van der Waals surface area (Å²) >= 11 is 0. The molecule has 2 heteroatoms. The minimum Gasteiger partial charge on any atom is -0.385 e. The van der Waals surface area contributed by atoms with Crippen LogP contribution < -0.4 is 0 Å². The van der Waals surface area contributed by atoms with Crippen molar-refractivity contribution in [2.24, 2.45) is 4.99 Å². The Balaban J connectivity index is 2.77. The maximum absolute atomic E-state index is 4.91. The van der Waals surface area contributed by atoms with E-state index in [1.807, 2.05) is 13.1 Å². The van der Waals surface area contributed by atoms with Crippen molar-refractivity contribution >= 4 is 6.21 Å². The molecule has 0 rings (SSSR count). The van der Waals surface area contributed by atoms with Crippen molar-refractivity contribution in [3.05, 3.63) is 0 Å². The van der Waals surface area contributed by atoms with Crippen LogP contribution in [0.2, 0.25) is 0 Å². The molecule has 0 aliphatic rings. The molecule has 0 aromatic rings. The van der Waals surface area contributed by atoms with Gasteiger partial charge in [-0.15, -0.1) is 0 Å². The molecular weight excluding hydrogens is 126 g/mol. The SMILES string of the molecule is C/C=N\CCCCCOC. The molecule has 0 N–H and O–H groups in total. The van der Waals surface area contributed by atoms with Crippen molar-refractivity contribution in [1.29, 1.82) is 0 Å². The molecular formula is C8H17NO. The van der Waals surface area contributed by atoms with E-state index in [1.54, 1.807) is 7.11 Å². The number of aliphatic imine (C=N–C) groups is 1. The molecule has 0 amide bonds. The van der Waals surface area contributed by atoms with Gasteiger partial charge in [-0.3, -0.25) is 4.99 Å². The lowest BCUT2D eigenvalue weighted by Gasteiger charge is -1.96. The summed E-state index contributed by atoms with van der Waals surface area (Å²) in [5.41, 5.74) is 0. The van der Waals surface area contributed by atoms with Crippen molar-refractivity contribution in [2.45, 2.75) is 26.2 Å². The summed E-state index contributed by atoms with van der Waals surface area (Å²) in [6.45, 7) is 3.81. The smallest absolute Gasteiger partial charge is 0.0462 e. The number of hydrogen-bond donors (Lipinski definition) is 0. The minimum absolute atomic E-state index is 0.885. The average molecular weight is 143 g/mol. The zero-order valence-corrected chi connectivity index (χ0v) is 6.97. The van der Waals surface area contributed by atoms with Crippen molar-refractivity contribution in [3.8, 4) is 0 Å². The van der Waals surface area contributed by atoms with Gasteiger partial charge in [0.1, 0.15) is 0 Å². The number of nitrogens with zero attached hydrogens (tertiary/aromatic N) is 1. The fourth-order valence-electron chi connectivity index (χ4n) is 0.755. The van der Waals surface area contributed by atoms with Gasteiger partial charge < -0.3 is 4.74 Å². The zero-order chi connectivity index (χ0) is 7.66. The lowest BCUT2D eigenvalue weighted by Crippen LogP contribution is -1.89. The molecule has 0 saturated carbocycles. The maximum atomic E-state index is 4.91. The first kappa shape index (κ1) is 9.63. The molecule has 60 valence electrons. The van der Waals surface area contributed by atoms with E-state index in [4.69, 9.17) is 4.74 Å². The highest BCUT2D eigenvalue weighted by Gasteiger charge is 1.85. The predicted octanol–water partition coefficient (Wildman–Crippen LogP) is 1.89. The summed E-state index contributed by atoms with van der Waals surface area (Å²) < 4.78 is 4.91. The van der Waals surface area contributed by atoms with Crippen molar-refractivity contribution in [2.75, 3.05) is 20.3 Å². The molecule has 0 aromatic heterocycles. The van der Waals surface area contributed by atoms with Crippen LogP contribution in [0.15, 0.2) is 4.99 Å². The molecule has 0 bridgehead atoms. The Hall–Kier alpha value is -0.370. The van der Waals surface area contributed by atoms with E-state index in [9.17, 15) is 0 Å². The topological polar surface area (TPSA) is 21.6 Å². The van der Waals surface area contributed by atoms with Crippen LogP contribution in [-0.2, 0) is 4.74 Å². The van der Waals surface area contributed by atoms with Crippen LogP contribution in [-0.4, -0.2) is 26.5 Å². The lowest BCUT2D eigenvalue weighted by molar-refractivity contribution is 0.192. The number of ether oxygens (including phenoxy) is 1. The second-order valence-electron chi connectivity index (χ2n) is 2.22. The van der Waals surface area contributed by atoms with E-state index < -0.39 is 0 Å².